The molecule has 1 saturated carbocycles. The van der Waals surface area contributed by atoms with Gasteiger partial charge in [0, 0.05) is 31.2 Å². The third-order valence-corrected chi connectivity index (χ3v) is 7.92. The van der Waals surface area contributed by atoms with E-state index < -0.39 is 46.9 Å². The van der Waals surface area contributed by atoms with Crippen LogP contribution in [0.1, 0.15) is 64.9 Å². The van der Waals surface area contributed by atoms with Crippen LogP contribution in [0.3, 0.4) is 0 Å². The number of benzene rings is 1. The second-order valence-corrected chi connectivity index (χ2v) is 11.4. The summed E-state index contributed by atoms with van der Waals surface area (Å²) in [6.45, 7) is 6.18. The van der Waals surface area contributed by atoms with Crippen molar-refractivity contribution in [3.63, 3.8) is 0 Å². The van der Waals surface area contributed by atoms with Crippen molar-refractivity contribution in [2.24, 2.45) is 23.1 Å². The van der Waals surface area contributed by atoms with Gasteiger partial charge in [0.1, 0.15) is 5.82 Å². The van der Waals surface area contributed by atoms with Crippen molar-refractivity contribution in [2.45, 2.75) is 89.1 Å². The molecule has 3 rings (SSSR count). The first kappa shape index (κ1) is 29.9. The Bertz CT molecular complexity index is 1030. The maximum absolute atomic E-state index is 14.0. The Labute approximate surface area is 223 Å². The second kappa shape index (κ2) is 12.1. The van der Waals surface area contributed by atoms with E-state index in [-0.39, 0.29) is 38.5 Å². The molecule has 1 aromatic carbocycles. The molecule has 1 saturated heterocycles. The largest absolute Gasteiger partial charge is 0.449 e. The summed E-state index contributed by atoms with van der Waals surface area (Å²) in [5.41, 5.74) is 17.0. The van der Waals surface area contributed by atoms with Crippen LogP contribution in [0.4, 0.5) is 10.1 Å². The lowest BCUT2D eigenvalue weighted by atomic mass is 9.84. The van der Waals surface area contributed by atoms with Gasteiger partial charge in [-0.15, -0.1) is 0 Å². The van der Waals surface area contributed by atoms with Crippen molar-refractivity contribution >= 4 is 23.5 Å². The third kappa shape index (κ3) is 6.69. The highest BCUT2D eigenvalue weighted by atomic mass is 19.1. The van der Waals surface area contributed by atoms with Crippen LogP contribution in [0.5, 0.6) is 0 Å². The standard InChI is InChI=1S/C27H42FN5O5/c1-17(24(36)38-27(25(31)37)9-5-4-6-10-27)11-22(34)20(30)14-32-15-23(35)33(16-26(32,2)3)21-12-19(28)8-7-18(21)13-29/h7-8,12,17,20,22,34H,4-6,9-11,13-16,29-30H2,1-3H3,(H2,31,37). The zero-order valence-corrected chi connectivity index (χ0v) is 22.6. The molecule has 1 heterocycles. The number of hydrogen-bond acceptors (Lipinski definition) is 8. The summed E-state index contributed by atoms with van der Waals surface area (Å²) in [4.78, 5) is 41.3. The summed E-state index contributed by atoms with van der Waals surface area (Å²) in [7, 11) is 0. The molecule has 1 aliphatic heterocycles. The van der Waals surface area contributed by atoms with Crippen molar-refractivity contribution in [3.8, 4) is 0 Å². The number of nitrogens with two attached hydrogens (primary N) is 3. The van der Waals surface area contributed by atoms with Crippen LogP contribution in [-0.4, -0.2) is 70.7 Å². The van der Waals surface area contributed by atoms with Gasteiger partial charge in [-0.05, 0) is 63.6 Å². The quantitative estimate of drug-likeness (QED) is 0.324. The van der Waals surface area contributed by atoms with Gasteiger partial charge in [-0.25, -0.2) is 4.39 Å². The molecule has 1 aliphatic carbocycles. The Morgan fingerprint density at radius 2 is 1.87 bits per heavy atom. The number of carbonyl (C=O) groups is 3. The number of nitrogens with zero attached hydrogens (tertiary/aromatic N) is 2. The molecule has 0 spiro atoms. The summed E-state index contributed by atoms with van der Waals surface area (Å²) >= 11 is 0. The van der Waals surface area contributed by atoms with E-state index in [0.717, 1.165) is 19.3 Å². The number of hydrogen-bond donors (Lipinski definition) is 4. The van der Waals surface area contributed by atoms with E-state index in [1.54, 1.807) is 17.9 Å². The molecular formula is C27H42FN5O5. The number of ether oxygens (including phenoxy) is 1. The minimum Gasteiger partial charge on any atom is -0.449 e. The average molecular weight is 536 g/mol. The van der Waals surface area contributed by atoms with Crippen molar-refractivity contribution in [3.05, 3.63) is 29.6 Å². The normalized spacial score (nSPS) is 22.0. The Morgan fingerprint density at radius 1 is 1.21 bits per heavy atom. The molecule has 2 amide bonds. The lowest BCUT2D eigenvalue weighted by molar-refractivity contribution is -0.175. The molecule has 10 nitrogen and oxygen atoms in total. The monoisotopic (exact) mass is 535 g/mol. The highest BCUT2D eigenvalue weighted by Gasteiger charge is 2.43. The molecule has 2 aliphatic rings. The van der Waals surface area contributed by atoms with Crippen molar-refractivity contribution < 1.29 is 28.6 Å². The first-order valence-corrected chi connectivity index (χ1v) is 13.3. The molecule has 0 radical (unpaired) electrons. The van der Waals surface area contributed by atoms with E-state index in [0.29, 0.717) is 24.1 Å². The number of rotatable bonds is 10. The Balaban J connectivity index is 1.61. The van der Waals surface area contributed by atoms with Gasteiger partial charge < -0.3 is 31.9 Å². The summed E-state index contributed by atoms with van der Waals surface area (Å²) in [5.74, 6) is -2.62. The summed E-state index contributed by atoms with van der Waals surface area (Å²) in [5, 5.41) is 10.8. The average Bonchev–Trinajstić information content (AvgIpc) is 2.86. The maximum atomic E-state index is 14.0. The molecule has 11 heteroatoms. The summed E-state index contributed by atoms with van der Waals surface area (Å²) in [6.07, 6.45) is 2.26. The van der Waals surface area contributed by atoms with Crippen LogP contribution >= 0.6 is 0 Å². The van der Waals surface area contributed by atoms with Gasteiger partial charge in [0.25, 0.3) is 5.91 Å². The van der Waals surface area contributed by atoms with E-state index in [9.17, 15) is 23.9 Å². The number of primary amides is 1. The number of aliphatic hydroxyl groups is 1. The lowest BCUT2D eigenvalue weighted by Crippen LogP contribution is -2.64. The highest BCUT2D eigenvalue weighted by molar-refractivity contribution is 5.96. The van der Waals surface area contributed by atoms with E-state index in [1.165, 1.54) is 12.1 Å². The minimum atomic E-state index is -1.29. The number of halogens is 1. The van der Waals surface area contributed by atoms with Gasteiger partial charge >= 0.3 is 5.97 Å². The first-order chi connectivity index (χ1) is 17.8. The first-order valence-electron chi connectivity index (χ1n) is 13.3. The predicted octanol–water partition coefficient (Wildman–Crippen LogP) is 1.16. The van der Waals surface area contributed by atoms with Gasteiger partial charge in [-0.2, -0.15) is 0 Å². The number of piperazine rings is 1. The SMILES string of the molecule is CC(CC(O)C(N)CN1CC(=O)N(c2cc(F)ccc2CN)CC1(C)C)C(=O)OC1(C(N)=O)CCCCC1. The van der Waals surface area contributed by atoms with Gasteiger partial charge in [0.05, 0.1) is 24.3 Å². The fraction of sp³-hybridized carbons (Fsp3) is 0.667. The van der Waals surface area contributed by atoms with Crippen LogP contribution in [-0.2, 0) is 25.7 Å². The predicted molar refractivity (Wildman–Crippen MR) is 141 cm³/mol. The minimum absolute atomic E-state index is 0.0205. The summed E-state index contributed by atoms with van der Waals surface area (Å²) < 4.78 is 19.6. The molecule has 2 fully saturated rings. The molecule has 0 aromatic heterocycles. The number of aliphatic hydroxyl groups excluding tert-OH is 1. The van der Waals surface area contributed by atoms with Gasteiger partial charge in [0.15, 0.2) is 5.60 Å². The molecule has 3 unspecified atom stereocenters. The molecule has 1 aromatic rings. The van der Waals surface area contributed by atoms with Crippen molar-refractivity contribution in [1.29, 1.82) is 0 Å². The third-order valence-electron chi connectivity index (χ3n) is 7.92. The fourth-order valence-electron chi connectivity index (χ4n) is 5.35. The van der Waals surface area contributed by atoms with E-state index in [4.69, 9.17) is 21.9 Å². The molecule has 3 atom stereocenters. The highest BCUT2D eigenvalue weighted by Crippen LogP contribution is 2.33. The van der Waals surface area contributed by atoms with Crippen LogP contribution in [0, 0.1) is 11.7 Å². The number of esters is 1. The molecule has 0 bridgehead atoms. The Kier molecular flexibility index (Phi) is 9.51. The smallest absolute Gasteiger partial charge is 0.309 e. The van der Waals surface area contributed by atoms with E-state index in [2.05, 4.69) is 0 Å². The van der Waals surface area contributed by atoms with Gasteiger partial charge in [-0.3, -0.25) is 19.3 Å². The van der Waals surface area contributed by atoms with Gasteiger partial charge in [0.2, 0.25) is 5.91 Å². The number of amides is 2. The second-order valence-electron chi connectivity index (χ2n) is 11.4. The van der Waals surface area contributed by atoms with Crippen molar-refractivity contribution in [1.82, 2.24) is 4.90 Å². The number of carbonyl (C=O) groups excluding carboxylic acids is 3. The molecule has 212 valence electrons. The van der Waals surface area contributed by atoms with E-state index in [1.807, 2.05) is 18.7 Å². The maximum Gasteiger partial charge on any atom is 0.309 e. The molecular weight excluding hydrogens is 493 g/mol. The lowest BCUT2D eigenvalue weighted by Gasteiger charge is -2.48. The van der Waals surface area contributed by atoms with Crippen molar-refractivity contribution in [2.75, 3.05) is 24.5 Å². The van der Waals surface area contributed by atoms with Gasteiger partial charge in [-0.1, -0.05) is 19.4 Å². The zero-order valence-electron chi connectivity index (χ0n) is 22.6. The molecule has 7 N–H and O–H groups in total. The zero-order chi connectivity index (χ0) is 28.3. The Morgan fingerprint density at radius 3 is 2.47 bits per heavy atom. The molecule has 38 heavy (non-hydrogen) atoms. The van der Waals surface area contributed by atoms with Crippen LogP contribution < -0.4 is 22.1 Å². The van der Waals surface area contributed by atoms with Crippen LogP contribution in [0.25, 0.3) is 0 Å². The topological polar surface area (TPSA) is 165 Å². The van der Waals surface area contributed by atoms with Crippen LogP contribution in [0.15, 0.2) is 18.2 Å². The number of anilines is 1. The Hall–Kier alpha value is -2.60. The van der Waals surface area contributed by atoms with E-state index >= 15 is 0 Å². The van der Waals surface area contributed by atoms with Crippen LogP contribution in [0.2, 0.25) is 0 Å². The fourth-order valence-corrected chi connectivity index (χ4v) is 5.35. The summed E-state index contributed by atoms with van der Waals surface area (Å²) in [6, 6.07) is 3.46.